The molecule has 2 heterocycles. The Morgan fingerprint density at radius 2 is 1.94 bits per heavy atom. The molecule has 0 bridgehead atoms. The lowest BCUT2D eigenvalue weighted by Crippen LogP contribution is -2.23. The summed E-state index contributed by atoms with van der Waals surface area (Å²) in [7, 11) is 1.53. The van der Waals surface area contributed by atoms with Gasteiger partial charge in [-0.3, -0.25) is 9.59 Å². The molecule has 0 unspecified atom stereocenters. The SMILES string of the molecule is COc1ccccc1C(=O)NCc1ccc(-c2nn(C3=CCNC=C3)c(N)c2C(N)=O)cc1. The van der Waals surface area contributed by atoms with E-state index in [1.807, 2.05) is 36.4 Å². The van der Waals surface area contributed by atoms with Gasteiger partial charge in [0.2, 0.25) is 0 Å². The number of methoxy groups -OCH3 is 1. The molecule has 0 saturated carbocycles. The number of nitrogens with one attached hydrogen (secondary N) is 2. The fraction of sp³-hybridized carbons (Fsp3) is 0.125. The highest BCUT2D eigenvalue weighted by Crippen LogP contribution is 2.29. The van der Waals surface area contributed by atoms with E-state index in [2.05, 4.69) is 15.7 Å². The summed E-state index contributed by atoms with van der Waals surface area (Å²) in [6, 6.07) is 14.4. The summed E-state index contributed by atoms with van der Waals surface area (Å²) >= 11 is 0. The second-order valence-corrected chi connectivity index (χ2v) is 7.34. The summed E-state index contributed by atoms with van der Waals surface area (Å²) in [5.74, 6) is -0.192. The Kier molecular flexibility index (Phi) is 6.12. The lowest BCUT2D eigenvalue weighted by Gasteiger charge is -2.10. The average Bonchev–Trinajstić information content (AvgIpc) is 3.20. The molecule has 0 radical (unpaired) electrons. The summed E-state index contributed by atoms with van der Waals surface area (Å²) in [6.45, 7) is 0.947. The molecule has 6 N–H and O–H groups in total. The maximum Gasteiger partial charge on any atom is 0.255 e. The Hall–Kier alpha value is -4.53. The van der Waals surface area contributed by atoms with Crippen molar-refractivity contribution >= 4 is 23.3 Å². The normalized spacial score (nSPS) is 12.6. The third-order valence-electron chi connectivity index (χ3n) is 5.25. The quantitative estimate of drug-likeness (QED) is 0.441. The fourth-order valence-corrected chi connectivity index (χ4v) is 3.56. The molecule has 168 valence electrons. The number of benzene rings is 2. The lowest BCUT2D eigenvalue weighted by molar-refractivity contribution is 0.0946. The van der Waals surface area contributed by atoms with Gasteiger partial charge in [-0.1, -0.05) is 36.4 Å². The van der Waals surface area contributed by atoms with Gasteiger partial charge in [0.25, 0.3) is 11.8 Å². The molecule has 2 aromatic carbocycles. The second-order valence-electron chi connectivity index (χ2n) is 7.34. The number of nitrogens with zero attached hydrogens (tertiary/aromatic N) is 2. The van der Waals surface area contributed by atoms with Crippen LogP contribution >= 0.6 is 0 Å². The number of dihydropyridines is 1. The first-order chi connectivity index (χ1) is 16.0. The van der Waals surface area contributed by atoms with E-state index in [4.69, 9.17) is 16.2 Å². The first-order valence-corrected chi connectivity index (χ1v) is 10.3. The van der Waals surface area contributed by atoms with E-state index in [9.17, 15) is 9.59 Å². The van der Waals surface area contributed by atoms with Gasteiger partial charge >= 0.3 is 0 Å². The average molecular weight is 444 g/mol. The molecular weight excluding hydrogens is 420 g/mol. The number of allylic oxidation sites excluding steroid dienone is 2. The molecule has 33 heavy (non-hydrogen) atoms. The number of carbonyl (C=O) groups excluding carboxylic acids is 2. The van der Waals surface area contributed by atoms with Crippen molar-refractivity contribution in [3.63, 3.8) is 0 Å². The second kappa shape index (κ2) is 9.31. The minimum atomic E-state index is -0.652. The Bertz CT molecular complexity index is 1260. The van der Waals surface area contributed by atoms with Crippen LogP contribution in [0.3, 0.4) is 0 Å². The van der Waals surface area contributed by atoms with E-state index in [1.54, 1.807) is 30.5 Å². The zero-order chi connectivity index (χ0) is 23.4. The van der Waals surface area contributed by atoms with Crippen molar-refractivity contribution < 1.29 is 14.3 Å². The number of nitrogens with two attached hydrogens (primary N) is 2. The number of hydrogen-bond acceptors (Lipinski definition) is 6. The molecule has 9 heteroatoms. The maximum atomic E-state index is 12.5. The molecule has 0 spiro atoms. The predicted molar refractivity (Wildman–Crippen MR) is 126 cm³/mol. The van der Waals surface area contributed by atoms with Gasteiger partial charge in [-0.2, -0.15) is 5.10 Å². The van der Waals surface area contributed by atoms with Gasteiger partial charge in [0, 0.05) is 18.7 Å². The minimum Gasteiger partial charge on any atom is -0.496 e. The van der Waals surface area contributed by atoms with E-state index < -0.39 is 5.91 Å². The Morgan fingerprint density at radius 3 is 2.61 bits per heavy atom. The summed E-state index contributed by atoms with van der Waals surface area (Å²) in [5, 5.41) is 10.5. The highest BCUT2D eigenvalue weighted by Gasteiger charge is 2.23. The van der Waals surface area contributed by atoms with Crippen molar-refractivity contribution in [2.45, 2.75) is 6.54 Å². The van der Waals surface area contributed by atoms with Crippen LogP contribution in [0.5, 0.6) is 5.75 Å². The molecular formula is C24H24N6O3. The van der Waals surface area contributed by atoms with Crippen molar-refractivity contribution in [1.82, 2.24) is 20.4 Å². The number of amides is 2. The Morgan fingerprint density at radius 1 is 1.18 bits per heavy atom. The fourth-order valence-electron chi connectivity index (χ4n) is 3.56. The van der Waals surface area contributed by atoms with Gasteiger partial charge in [-0.05, 0) is 36.0 Å². The molecule has 3 aromatic rings. The topological polar surface area (TPSA) is 137 Å². The standard InChI is InChI=1S/C24H24N6O3/c1-33-19-5-3-2-4-18(19)24(32)28-14-15-6-8-16(9-7-15)21-20(23(26)31)22(25)30(29-21)17-10-12-27-13-11-17/h2-12,27H,13-14,25H2,1H3,(H2,26,31)(H,28,32). The number of para-hydroxylation sites is 1. The van der Waals surface area contributed by atoms with Crippen LogP contribution in [0.4, 0.5) is 5.82 Å². The molecule has 9 nitrogen and oxygen atoms in total. The maximum absolute atomic E-state index is 12.5. The number of ether oxygens (including phenoxy) is 1. The summed E-state index contributed by atoms with van der Waals surface area (Å²) < 4.78 is 6.75. The monoisotopic (exact) mass is 444 g/mol. The third kappa shape index (κ3) is 4.42. The highest BCUT2D eigenvalue weighted by molar-refractivity contribution is 6.04. The van der Waals surface area contributed by atoms with Crippen LogP contribution in [0.25, 0.3) is 17.0 Å². The van der Waals surface area contributed by atoms with E-state index in [0.29, 0.717) is 35.7 Å². The number of carbonyl (C=O) groups is 2. The molecule has 2 amide bonds. The van der Waals surface area contributed by atoms with Crippen LogP contribution in [0.2, 0.25) is 0 Å². The van der Waals surface area contributed by atoms with Crippen LogP contribution in [-0.4, -0.2) is 35.2 Å². The molecule has 0 saturated heterocycles. The Labute approximate surface area is 190 Å². The molecule has 1 aromatic heterocycles. The summed E-state index contributed by atoms with van der Waals surface area (Å²) in [4.78, 5) is 24.6. The van der Waals surface area contributed by atoms with E-state index in [-0.39, 0.29) is 17.3 Å². The number of primary amides is 1. The number of hydrogen-bond donors (Lipinski definition) is 4. The molecule has 0 aliphatic carbocycles. The van der Waals surface area contributed by atoms with E-state index in [1.165, 1.54) is 11.8 Å². The summed E-state index contributed by atoms with van der Waals surface area (Å²) in [5.41, 5.74) is 15.2. The van der Waals surface area contributed by atoms with Crippen LogP contribution in [0.15, 0.2) is 66.9 Å². The number of rotatable bonds is 7. The molecule has 1 aliphatic rings. The van der Waals surface area contributed by atoms with Crippen LogP contribution in [0.1, 0.15) is 26.3 Å². The smallest absolute Gasteiger partial charge is 0.255 e. The molecule has 0 atom stereocenters. The zero-order valence-corrected chi connectivity index (χ0v) is 18.0. The summed E-state index contributed by atoms with van der Waals surface area (Å²) in [6.07, 6.45) is 5.51. The minimum absolute atomic E-state index is 0.167. The van der Waals surface area contributed by atoms with Crippen molar-refractivity contribution in [1.29, 1.82) is 0 Å². The first-order valence-electron chi connectivity index (χ1n) is 10.3. The Balaban J connectivity index is 1.55. The van der Waals surface area contributed by atoms with Gasteiger partial charge in [-0.15, -0.1) is 0 Å². The molecule has 0 fully saturated rings. The van der Waals surface area contributed by atoms with Crippen molar-refractivity contribution in [2.75, 3.05) is 19.4 Å². The largest absolute Gasteiger partial charge is 0.496 e. The van der Waals surface area contributed by atoms with Gasteiger partial charge in [0.05, 0.1) is 18.4 Å². The van der Waals surface area contributed by atoms with Crippen molar-refractivity contribution in [3.05, 3.63) is 83.6 Å². The van der Waals surface area contributed by atoms with Crippen molar-refractivity contribution in [2.24, 2.45) is 5.73 Å². The first kappa shape index (κ1) is 21.7. The molecule has 4 rings (SSSR count). The van der Waals surface area contributed by atoms with Gasteiger partial charge in [-0.25, -0.2) is 4.68 Å². The zero-order valence-electron chi connectivity index (χ0n) is 18.0. The third-order valence-corrected chi connectivity index (χ3v) is 5.25. The van der Waals surface area contributed by atoms with E-state index in [0.717, 1.165) is 11.3 Å². The molecule has 1 aliphatic heterocycles. The van der Waals surface area contributed by atoms with Gasteiger partial charge in [0.1, 0.15) is 22.8 Å². The van der Waals surface area contributed by atoms with E-state index >= 15 is 0 Å². The highest BCUT2D eigenvalue weighted by atomic mass is 16.5. The lowest BCUT2D eigenvalue weighted by atomic mass is 10.0. The van der Waals surface area contributed by atoms with Crippen LogP contribution in [0, 0.1) is 0 Å². The number of nitrogen functional groups attached to an aromatic ring is 1. The van der Waals surface area contributed by atoms with Gasteiger partial charge < -0.3 is 26.8 Å². The predicted octanol–water partition coefficient (Wildman–Crippen LogP) is 2.13. The number of aromatic nitrogens is 2. The van der Waals surface area contributed by atoms with Crippen LogP contribution < -0.4 is 26.8 Å². The van der Waals surface area contributed by atoms with Crippen LogP contribution in [-0.2, 0) is 6.54 Å². The van der Waals surface area contributed by atoms with Gasteiger partial charge in [0.15, 0.2) is 0 Å². The van der Waals surface area contributed by atoms with Crippen molar-refractivity contribution in [3.8, 4) is 17.0 Å². The number of anilines is 1.